The molecule has 1 unspecified atom stereocenters. The lowest BCUT2D eigenvalue weighted by atomic mass is 9.93. The minimum atomic E-state index is -1.30. The SMILES string of the molecule is COc1ccc(C2=C(O)C(C(=O)c3ccccc3)N(c3cc(C(C)(C)C)on3)C2=O)cc1OC. The lowest BCUT2D eigenvalue weighted by molar-refractivity contribution is -0.113. The molecule has 0 radical (unpaired) electrons. The molecule has 4 rings (SSSR count). The summed E-state index contributed by atoms with van der Waals surface area (Å²) >= 11 is 0. The number of aromatic nitrogens is 1. The molecule has 0 spiro atoms. The van der Waals surface area contributed by atoms with Crippen LogP contribution in [0.1, 0.15) is 42.5 Å². The molecular formula is C26H26N2O6. The second kappa shape index (κ2) is 8.70. The molecule has 34 heavy (non-hydrogen) atoms. The number of carbonyl (C=O) groups excluding carboxylic acids is 2. The van der Waals surface area contributed by atoms with E-state index < -0.39 is 17.7 Å². The number of benzene rings is 2. The van der Waals surface area contributed by atoms with Gasteiger partial charge >= 0.3 is 0 Å². The predicted molar refractivity (Wildman–Crippen MR) is 126 cm³/mol. The van der Waals surface area contributed by atoms with E-state index in [1.165, 1.54) is 19.1 Å². The Kier molecular flexibility index (Phi) is 5.91. The van der Waals surface area contributed by atoms with Crippen molar-refractivity contribution in [3.8, 4) is 11.5 Å². The van der Waals surface area contributed by atoms with E-state index in [-0.39, 0.29) is 22.6 Å². The standard InChI is InChI=1S/C26H26N2O6/c1-26(2,3)19-14-20(27-34-19)28-22(23(29)15-9-7-6-8-10-15)24(30)21(25(28)31)16-11-12-17(32-4)18(13-16)33-5/h6-14,22,30H,1-5H3. The van der Waals surface area contributed by atoms with E-state index in [0.29, 0.717) is 28.4 Å². The number of rotatable bonds is 6. The highest BCUT2D eigenvalue weighted by atomic mass is 16.5. The van der Waals surface area contributed by atoms with Crippen LogP contribution in [0.15, 0.2) is 64.9 Å². The minimum Gasteiger partial charge on any atom is -0.509 e. The third-order valence-corrected chi connectivity index (χ3v) is 5.67. The maximum atomic E-state index is 13.7. The zero-order valence-corrected chi connectivity index (χ0v) is 19.7. The van der Waals surface area contributed by atoms with Gasteiger partial charge in [0.1, 0.15) is 11.5 Å². The molecule has 176 valence electrons. The van der Waals surface area contributed by atoms with Crippen LogP contribution in [0.5, 0.6) is 11.5 Å². The number of aliphatic hydroxyl groups excluding tert-OH is 1. The monoisotopic (exact) mass is 462 g/mol. The molecule has 1 aliphatic rings. The molecule has 1 aromatic heterocycles. The number of methoxy groups -OCH3 is 2. The molecule has 1 amide bonds. The number of Topliss-reactive ketones (excluding diaryl/α,β-unsaturated/α-hetero) is 1. The summed E-state index contributed by atoms with van der Waals surface area (Å²) in [6.45, 7) is 5.83. The van der Waals surface area contributed by atoms with Gasteiger partial charge in [-0.05, 0) is 17.7 Å². The van der Waals surface area contributed by atoms with Crippen molar-refractivity contribution in [2.24, 2.45) is 0 Å². The Morgan fingerprint density at radius 3 is 2.29 bits per heavy atom. The van der Waals surface area contributed by atoms with Crippen LogP contribution in [0, 0.1) is 0 Å². The maximum absolute atomic E-state index is 13.7. The molecule has 2 heterocycles. The summed E-state index contributed by atoms with van der Waals surface area (Å²) in [5.41, 5.74) is 0.350. The number of carbonyl (C=O) groups is 2. The van der Waals surface area contributed by atoms with E-state index in [2.05, 4.69) is 5.16 Å². The Morgan fingerprint density at radius 2 is 1.71 bits per heavy atom. The van der Waals surface area contributed by atoms with Crippen LogP contribution in [-0.2, 0) is 10.2 Å². The summed E-state index contributed by atoms with van der Waals surface area (Å²) in [6, 6.07) is 13.7. The first-order chi connectivity index (χ1) is 16.2. The van der Waals surface area contributed by atoms with Gasteiger partial charge in [0.05, 0.1) is 19.8 Å². The molecule has 1 atom stereocenters. The number of amides is 1. The second-order valence-electron chi connectivity index (χ2n) is 8.94. The fourth-order valence-corrected chi connectivity index (χ4v) is 3.84. The molecule has 1 N–H and O–H groups in total. The number of hydrogen-bond acceptors (Lipinski definition) is 7. The topological polar surface area (TPSA) is 102 Å². The van der Waals surface area contributed by atoms with Gasteiger partial charge in [-0.2, -0.15) is 0 Å². The van der Waals surface area contributed by atoms with Crippen molar-refractivity contribution in [2.45, 2.75) is 32.2 Å². The number of hydrogen-bond donors (Lipinski definition) is 1. The normalized spacial score (nSPS) is 16.2. The van der Waals surface area contributed by atoms with Crippen molar-refractivity contribution >= 4 is 23.1 Å². The highest BCUT2D eigenvalue weighted by Crippen LogP contribution is 2.40. The summed E-state index contributed by atoms with van der Waals surface area (Å²) in [5.74, 6) is 0.152. The van der Waals surface area contributed by atoms with Crippen molar-refractivity contribution in [3.05, 3.63) is 77.2 Å². The zero-order chi connectivity index (χ0) is 24.6. The predicted octanol–water partition coefficient (Wildman–Crippen LogP) is 4.56. The van der Waals surface area contributed by atoms with E-state index in [0.717, 1.165) is 0 Å². The third-order valence-electron chi connectivity index (χ3n) is 5.67. The third kappa shape index (κ3) is 3.91. The van der Waals surface area contributed by atoms with Crippen molar-refractivity contribution < 1.29 is 28.7 Å². The molecule has 0 aliphatic carbocycles. The van der Waals surface area contributed by atoms with Gasteiger partial charge in [-0.3, -0.25) is 14.5 Å². The van der Waals surface area contributed by atoms with Gasteiger partial charge in [-0.15, -0.1) is 0 Å². The molecule has 0 fully saturated rings. The van der Waals surface area contributed by atoms with Gasteiger partial charge in [-0.25, -0.2) is 0 Å². The Bertz CT molecular complexity index is 1270. The minimum absolute atomic E-state index is 0.0180. The van der Waals surface area contributed by atoms with Crippen LogP contribution in [0.25, 0.3) is 5.57 Å². The first kappa shape index (κ1) is 23.1. The van der Waals surface area contributed by atoms with E-state index in [9.17, 15) is 14.7 Å². The van der Waals surface area contributed by atoms with Crippen molar-refractivity contribution in [2.75, 3.05) is 19.1 Å². The summed E-state index contributed by atoms with van der Waals surface area (Å²) in [6.07, 6.45) is 0. The summed E-state index contributed by atoms with van der Waals surface area (Å²) in [4.78, 5) is 28.4. The highest BCUT2D eigenvalue weighted by molar-refractivity contribution is 6.33. The van der Waals surface area contributed by atoms with Gasteiger partial charge < -0.3 is 19.1 Å². The van der Waals surface area contributed by atoms with E-state index in [4.69, 9.17) is 14.0 Å². The van der Waals surface area contributed by atoms with Crippen LogP contribution in [0.3, 0.4) is 0 Å². The summed E-state index contributed by atoms with van der Waals surface area (Å²) < 4.78 is 16.1. The van der Waals surface area contributed by atoms with Crippen molar-refractivity contribution in [1.82, 2.24) is 5.16 Å². The van der Waals surface area contributed by atoms with Crippen LogP contribution < -0.4 is 14.4 Å². The van der Waals surface area contributed by atoms with Gasteiger partial charge in [0.25, 0.3) is 5.91 Å². The average molecular weight is 463 g/mol. The van der Waals surface area contributed by atoms with Gasteiger partial charge in [0.2, 0.25) is 0 Å². The molecule has 0 bridgehead atoms. The van der Waals surface area contributed by atoms with E-state index in [1.54, 1.807) is 54.6 Å². The summed E-state index contributed by atoms with van der Waals surface area (Å²) in [5, 5.41) is 15.3. The first-order valence-corrected chi connectivity index (χ1v) is 10.7. The number of nitrogens with zero attached hydrogens (tertiary/aromatic N) is 2. The van der Waals surface area contributed by atoms with Crippen LogP contribution in [0.2, 0.25) is 0 Å². The van der Waals surface area contributed by atoms with Crippen molar-refractivity contribution in [1.29, 1.82) is 0 Å². The van der Waals surface area contributed by atoms with Gasteiger partial charge in [0.15, 0.2) is 29.1 Å². The highest BCUT2D eigenvalue weighted by Gasteiger charge is 2.47. The fraction of sp³-hybridized carbons (Fsp3) is 0.269. The Morgan fingerprint density at radius 1 is 1.03 bits per heavy atom. The number of ether oxygens (including phenoxy) is 2. The quantitative estimate of drug-likeness (QED) is 0.536. The Labute approximate surface area is 197 Å². The molecular weight excluding hydrogens is 436 g/mol. The van der Waals surface area contributed by atoms with Crippen LogP contribution >= 0.6 is 0 Å². The lowest BCUT2D eigenvalue weighted by Gasteiger charge is -2.21. The molecule has 0 saturated carbocycles. The van der Waals surface area contributed by atoms with Gasteiger partial charge in [0, 0.05) is 17.0 Å². The van der Waals surface area contributed by atoms with E-state index in [1.807, 2.05) is 20.8 Å². The number of ketones is 1. The second-order valence-corrected chi connectivity index (χ2v) is 8.94. The molecule has 1 aliphatic heterocycles. The molecule has 8 nitrogen and oxygen atoms in total. The van der Waals surface area contributed by atoms with Crippen LogP contribution in [0.4, 0.5) is 5.82 Å². The molecule has 0 saturated heterocycles. The lowest BCUT2D eigenvalue weighted by Crippen LogP contribution is -2.41. The van der Waals surface area contributed by atoms with Crippen molar-refractivity contribution in [3.63, 3.8) is 0 Å². The fourth-order valence-electron chi connectivity index (χ4n) is 3.84. The smallest absolute Gasteiger partial charge is 0.264 e. The maximum Gasteiger partial charge on any atom is 0.264 e. The Balaban J connectivity index is 1.86. The van der Waals surface area contributed by atoms with E-state index >= 15 is 0 Å². The van der Waals surface area contributed by atoms with Gasteiger partial charge in [-0.1, -0.05) is 62.3 Å². The Hall–Kier alpha value is -4.07. The average Bonchev–Trinajstić information content (AvgIpc) is 3.41. The summed E-state index contributed by atoms with van der Waals surface area (Å²) in [7, 11) is 2.98. The molecule has 2 aromatic carbocycles. The first-order valence-electron chi connectivity index (χ1n) is 10.7. The number of anilines is 1. The number of aliphatic hydroxyl groups is 1. The largest absolute Gasteiger partial charge is 0.509 e. The molecule has 8 heteroatoms. The zero-order valence-electron chi connectivity index (χ0n) is 19.7. The van der Waals surface area contributed by atoms with Crippen LogP contribution in [-0.4, -0.2) is 42.2 Å². The molecule has 3 aromatic rings.